The van der Waals surface area contributed by atoms with E-state index in [0.717, 1.165) is 37.6 Å². The third kappa shape index (κ3) is 2.95. The maximum atomic E-state index is 4.56. The lowest BCUT2D eigenvalue weighted by atomic mass is 10.0. The minimum absolute atomic E-state index is 0.507. The summed E-state index contributed by atoms with van der Waals surface area (Å²) in [6.07, 6.45) is 4.88. The van der Waals surface area contributed by atoms with Crippen molar-refractivity contribution in [1.29, 1.82) is 0 Å². The molecule has 0 aliphatic carbocycles. The number of rotatable bonds is 3. The summed E-state index contributed by atoms with van der Waals surface area (Å²) in [6, 6.07) is 0.507. The van der Waals surface area contributed by atoms with Gasteiger partial charge in [-0.15, -0.1) is 0 Å². The van der Waals surface area contributed by atoms with Gasteiger partial charge in [0, 0.05) is 31.2 Å². The molecule has 104 valence electrons. The smallest absolute Gasteiger partial charge is 0.139 e. The van der Waals surface area contributed by atoms with Crippen LogP contribution in [0.2, 0.25) is 0 Å². The van der Waals surface area contributed by atoms with E-state index in [4.69, 9.17) is 0 Å². The summed E-state index contributed by atoms with van der Waals surface area (Å²) in [7, 11) is 0. The summed E-state index contributed by atoms with van der Waals surface area (Å²) >= 11 is 0. The van der Waals surface area contributed by atoms with Crippen LogP contribution in [-0.4, -0.2) is 35.6 Å². The number of aryl methyl sites for hydroxylation is 1. The van der Waals surface area contributed by atoms with Crippen molar-refractivity contribution < 1.29 is 0 Å². The van der Waals surface area contributed by atoms with Crippen molar-refractivity contribution in [1.82, 2.24) is 15.3 Å². The molecule has 1 N–H and O–H groups in total. The fourth-order valence-corrected chi connectivity index (χ4v) is 2.73. The maximum absolute atomic E-state index is 4.56. The van der Waals surface area contributed by atoms with Gasteiger partial charge in [0.15, 0.2) is 0 Å². The lowest BCUT2D eigenvalue weighted by Gasteiger charge is -2.34. The Labute approximate surface area is 115 Å². The molecule has 1 unspecified atom stereocenters. The Kier molecular flexibility index (Phi) is 4.53. The highest BCUT2D eigenvalue weighted by Crippen LogP contribution is 2.29. The summed E-state index contributed by atoms with van der Waals surface area (Å²) in [5.41, 5.74) is 3.63. The van der Waals surface area contributed by atoms with Crippen LogP contribution in [0.15, 0.2) is 12.4 Å². The number of anilines is 1. The first kappa shape index (κ1) is 14.0. The van der Waals surface area contributed by atoms with E-state index in [1.165, 1.54) is 11.1 Å². The molecular formula is C15H24N4. The number of aromatic nitrogens is 2. The molecule has 2 heterocycles. The van der Waals surface area contributed by atoms with E-state index in [9.17, 15) is 0 Å². The number of nitrogens with zero attached hydrogens (tertiary/aromatic N) is 3. The zero-order chi connectivity index (χ0) is 13.8. The Bertz CT molecular complexity index is 467. The minimum atomic E-state index is 0.507. The van der Waals surface area contributed by atoms with Gasteiger partial charge in [-0.25, -0.2) is 9.97 Å². The zero-order valence-corrected chi connectivity index (χ0v) is 12.4. The van der Waals surface area contributed by atoms with Gasteiger partial charge in [0.2, 0.25) is 0 Å². The summed E-state index contributed by atoms with van der Waals surface area (Å²) in [6.45, 7) is 11.6. The topological polar surface area (TPSA) is 41.1 Å². The Hall–Kier alpha value is -1.42. The molecular weight excluding hydrogens is 236 g/mol. The van der Waals surface area contributed by atoms with E-state index in [0.29, 0.717) is 6.04 Å². The van der Waals surface area contributed by atoms with Crippen LogP contribution in [0.4, 0.5) is 5.82 Å². The molecule has 1 saturated heterocycles. The van der Waals surface area contributed by atoms with Crippen LogP contribution in [0.1, 0.15) is 38.4 Å². The molecule has 0 saturated carbocycles. The predicted octanol–water partition coefficient (Wildman–Crippen LogP) is 2.40. The SMILES string of the molecule is C/C=C(/CC)c1c(C)ncnc1N1CCNC(C)C1. The van der Waals surface area contributed by atoms with Crippen LogP contribution in [0.25, 0.3) is 5.57 Å². The van der Waals surface area contributed by atoms with Crippen molar-refractivity contribution in [2.24, 2.45) is 0 Å². The summed E-state index contributed by atoms with van der Waals surface area (Å²) in [4.78, 5) is 11.3. The van der Waals surface area contributed by atoms with Gasteiger partial charge < -0.3 is 10.2 Å². The average molecular weight is 260 g/mol. The molecule has 19 heavy (non-hydrogen) atoms. The van der Waals surface area contributed by atoms with Crippen LogP contribution in [0, 0.1) is 6.92 Å². The first-order valence-electron chi connectivity index (χ1n) is 7.12. The molecule has 1 aromatic heterocycles. The lowest BCUT2D eigenvalue weighted by Crippen LogP contribution is -2.49. The monoisotopic (exact) mass is 260 g/mol. The van der Waals surface area contributed by atoms with E-state index in [1.807, 2.05) is 0 Å². The summed E-state index contributed by atoms with van der Waals surface area (Å²) in [5, 5.41) is 3.47. The zero-order valence-electron chi connectivity index (χ0n) is 12.4. The van der Waals surface area contributed by atoms with Gasteiger partial charge in [0.1, 0.15) is 12.1 Å². The molecule has 1 aromatic rings. The fraction of sp³-hybridized carbons (Fsp3) is 0.600. The van der Waals surface area contributed by atoms with Gasteiger partial charge >= 0.3 is 0 Å². The third-order valence-electron chi connectivity index (χ3n) is 3.74. The molecule has 1 atom stereocenters. The minimum Gasteiger partial charge on any atom is -0.353 e. The molecule has 0 radical (unpaired) electrons. The number of piperazine rings is 1. The molecule has 0 bridgehead atoms. The molecule has 2 rings (SSSR count). The van der Waals surface area contributed by atoms with Crippen LogP contribution < -0.4 is 10.2 Å². The Morgan fingerprint density at radius 3 is 2.95 bits per heavy atom. The van der Waals surface area contributed by atoms with Crippen molar-refractivity contribution in [2.75, 3.05) is 24.5 Å². The largest absolute Gasteiger partial charge is 0.353 e. The molecule has 0 spiro atoms. The third-order valence-corrected chi connectivity index (χ3v) is 3.74. The van der Waals surface area contributed by atoms with E-state index in [2.05, 4.69) is 54.0 Å². The molecule has 0 amide bonds. The van der Waals surface area contributed by atoms with Crippen molar-refractivity contribution in [3.05, 3.63) is 23.7 Å². The van der Waals surface area contributed by atoms with Crippen molar-refractivity contribution in [3.8, 4) is 0 Å². The number of hydrogen-bond donors (Lipinski definition) is 1. The second kappa shape index (κ2) is 6.15. The van der Waals surface area contributed by atoms with Crippen LogP contribution >= 0.6 is 0 Å². The molecule has 1 fully saturated rings. The van der Waals surface area contributed by atoms with Crippen molar-refractivity contribution >= 4 is 11.4 Å². The van der Waals surface area contributed by atoms with E-state index in [1.54, 1.807) is 6.33 Å². The van der Waals surface area contributed by atoms with Gasteiger partial charge in [0.25, 0.3) is 0 Å². The second-order valence-corrected chi connectivity index (χ2v) is 5.13. The van der Waals surface area contributed by atoms with Crippen LogP contribution in [0.5, 0.6) is 0 Å². The molecule has 4 heteroatoms. The van der Waals surface area contributed by atoms with E-state index in [-0.39, 0.29) is 0 Å². The van der Waals surface area contributed by atoms with Crippen LogP contribution in [0.3, 0.4) is 0 Å². The highest BCUT2D eigenvalue weighted by molar-refractivity contribution is 5.76. The fourth-order valence-electron chi connectivity index (χ4n) is 2.73. The molecule has 0 aromatic carbocycles. The van der Waals surface area contributed by atoms with E-state index >= 15 is 0 Å². The van der Waals surface area contributed by atoms with Crippen molar-refractivity contribution in [2.45, 2.75) is 40.2 Å². The molecule has 4 nitrogen and oxygen atoms in total. The highest BCUT2D eigenvalue weighted by Gasteiger charge is 2.21. The van der Waals surface area contributed by atoms with Gasteiger partial charge in [0.05, 0.1) is 5.69 Å². The molecule has 1 aliphatic heterocycles. The number of hydrogen-bond acceptors (Lipinski definition) is 4. The number of nitrogens with one attached hydrogen (secondary N) is 1. The standard InChI is InChI=1S/C15H24N4/c1-5-13(6-2)14-12(4)17-10-18-15(14)19-8-7-16-11(3)9-19/h5,10-11,16H,6-9H2,1-4H3/b13-5-. The van der Waals surface area contributed by atoms with Crippen LogP contribution in [-0.2, 0) is 0 Å². The van der Waals surface area contributed by atoms with Gasteiger partial charge in [-0.2, -0.15) is 0 Å². The number of allylic oxidation sites excluding steroid dienone is 2. The lowest BCUT2D eigenvalue weighted by molar-refractivity contribution is 0.482. The summed E-state index contributed by atoms with van der Waals surface area (Å²) in [5.74, 6) is 1.09. The normalized spacial score (nSPS) is 20.7. The van der Waals surface area contributed by atoms with E-state index < -0.39 is 0 Å². The van der Waals surface area contributed by atoms with Gasteiger partial charge in [-0.05, 0) is 32.8 Å². The summed E-state index contributed by atoms with van der Waals surface area (Å²) < 4.78 is 0. The predicted molar refractivity (Wildman–Crippen MR) is 80.4 cm³/mol. The first-order valence-corrected chi connectivity index (χ1v) is 7.12. The second-order valence-electron chi connectivity index (χ2n) is 5.13. The molecule has 1 aliphatic rings. The highest BCUT2D eigenvalue weighted by atomic mass is 15.2. The Morgan fingerprint density at radius 1 is 1.53 bits per heavy atom. The van der Waals surface area contributed by atoms with Crippen molar-refractivity contribution in [3.63, 3.8) is 0 Å². The quantitative estimate of drug-likeness (QED) is 0.906. The average Bonchev–Trinajstić information content (AvgIpc) is 2.41. The first-order chi connectivity index (χ1) is 9.17. The Morgan fingerprint density at radius 2 is 2.32 bits per heavy atom. The maximum Gasteiger partial charge on any atom is 0.139 e. The Balaban J connectivity index is 2.42. The van der Waals surface area contributed by atoms with Gasteiger partial charge in [-0.1, -0.05) is 13.0 Å². The van der Waals surface area contributed by atoms with Gasteiger partial charge in [-0.3, -0.25) is 0 Å².